The van der Waals surface area contributed by atoms with E-state index in [9.17, 15) is 29.1 Å². The third-order valence-corrected chi connectivity index (χ3v) is 4.77. The van der Waals surface area contributed by atoms with Crippen LogP contribution in [0.2, 0.25) is 0 Å². The number of guanidine groups is 1. The van der Waals surface area contributed by atoms with E-state index in [1.54, 1.807) is 13.8 Å². The zero-order valence-corrected chi connectivity index (χ0v) is 19.5. The summed E-state index contributed by atoms with van der Waals surface area (Å²) in [6.45, 7) is 3.45. The van der Waals surface area contributed by atoms with E-state index in [0.29, 0.717) is 0 Å². The van der Waals surface area contributed by atoms with Gasteiger partial charge in [0.25, 0.3) is 0 Å². The van der Waals surface area contributed by atoms with Gasteiger partial charge in [-0.2, -0.15) is 12.6 Å². The average Bonchev–Trinajstić information content (AvgIpc) is 2.71. The molecule has 15 heteroatoms. The third-order valence-electron chi connectivity index (χ3n) is 4.38. The lowest BCUT2D eigenvalue weighted by Crippen LogP contribution is -2.59. The topological polar surface area (TPSA) is 258 Å². The maximum atomic E-state index is 12.7. The van der Waals surface area contributed by atoms with Crippen molar-refractivity contribution in [2.75, 3.05) is 12.3 Å². The Labute approximate surface area is 197 Å². The molecule has 4 amide bonds. The van der Waals surface area contributed by atoms with Gasteiger partial charge in [0.05, 0.1) is 12.5 Å². The summed E-state index contributed by atoms with van der Waals surface area (Å²) in [6, 6.07) is -4.83. The van der Waals surface area contributed by atoms with Gasteiger partial charge in [0.2, 0.25) is 23.6 Å². The average molecular weight is 491 g/mol. The maximum absolute atomic E-state index is 12.7. The van der Waals surface area contributed by atoms with Gasteiger partial charge < -0.3 is 44.0 Å². The van der Waals surface area contributed by atoms with Gasteiger partial charge >= 0.3 is 5.97 Å². The van der Waals surface area contributed by atoms with Gasteiger partial charge in [0, 0.05) is 12.3 Å². The van der Waals surface area contributed by atoms with E-state index in [1.165, 1.54) is 0 Å². The molecular formula is C18H34N8O6S. The van der Waals surface area contributed by atoms with Gasteiger partial charge in [-0.3, -0.25) is 24.2 Å². The number of carbonyl (C=O) groups is 5. The van der Waals surface area contributed by atoms with Crippen molar-refractivity contribution in [1.29, 1.82) is 0 Å². The van der Waals surface area contributed by atoms with Crippen LogP contribution in [0.3, 0.4) is 0 Å². The lowest BCUT2D eigenvalue weighted by Gasteiger charge is -2.26. The molecule has 0 heterocycles. The molecule has 0 saturated carbocycles. The Kier molecular flexibility index (Phi) is 13.5. The number of nitrogens with zero attached hydrogens (tertiary/aromatic N) is 1. The summed E-state index contributed by atoms with van der Waals surface area (Å²) in [6.07, 6.45) is -0.358. The standard InChI is InChI=1S/C18H34N8O6S/c1-8(2)13(26-14(28)9(19)7-33)16(30)25-11(6-12(20)27)15(29)24-10(17(31)32)4-3-5-23-18(21)22/h8-11,13,33H,3-7,19H2,1-2H3,(H2,20,27)(H,24,29)(H,25,30)(H,26,28)(H,31,32)(H4,21,22,23). The lowest BCUT2D eigenvalue weighted by molar-refractivity contribution is -0.142. The van der Waals surface area contributed by atoms with Crippen LogP contribution in [0.15, 0.2) is 4.99 Å². The van der Waals surface area contributed by atoms with E-state index in [0.717, 1.165) is 0 Å². The van der Waals surface area contributed by atoms with Gasteiger partial charge in [-0.05, 0) is 18.8 Å². The summed E-state index contributed by atoms with van der Waals surface area (Å²) < 4.78 is 0. The Morgan fingerprint density at radius 1 is 0.939 bits per heavy atom. The molecule has 4 atom stereocenters. The second-order valence-corrected chi connectivity index (χ2v) is 7.96. The van der Waals surface area contributed by atoms with Crippen molar-refractivity contribution in [3.8, 4) is 0 Å². The predicted molar refractivity (Wildman–Crippen MR) is 124 cm³/mol. The molecule has 0 aliphatic heterocycles. The number of carbonyl (C=O) groups excluding carboxylic acids is 4. The summed E-state index contributed by atoms with van der Waals surface area (Å²) in [4.78, 5) is 64.1. The van der Waals surface area contributed by atoms with Crippen LogP contribution in [0.4, 0.5) is 0 Å². The van der Waals surface area contributed by atoms with E-state index in [2.05, 4.69) is 33.6 Å². The molecule has 0 aromatic carbocycles. The summed E-state index contributed by atoms with van der Waals surface area (Å²) in [5.41, 5.74) is 21.2. The summed E-state index contributed by atoms with van der Waals surface area (Å²) in [7, 11) is 0. The third kappa shape index (κ3) is 11.9. The molecule has 33 heavy (non-hydrogen) atoms. The molecule has 0 saturated heterocycles. The molecule has 4 unspecified atom stereocenters. The molecule has 14 nitrogen and oxygen atoms in total. The van der Waals surface area contributed by atoms with Crippen LogP contribution < -0.4 is 38.9 Å². The molecule has 12 N–H and O–H groups in total. The van der Waals surface area contributed by atoms with E-state index >= 15 is 0 Å². The number of aliphatic imine (C=N–C) groups is 1. The number of nitrogens with two attached hydrogens (primary N) is 4. The summed E-state index contributed by atoms with van der Waals surface area (Å²) >= 11 is 3.93. The minimum atomic E-state index is -1.47. The highest BCUT2D eigenvalue weighted by atomic mass is 32.1. The monoisotopic (exact) mass is 490 g/mol. The molecule has 0 spiro atoms. The van der Waals surface area contributed by atoms with E-state index < -0.39 is 66.1 Å². The largest absolute Gasteiger partial charge is 0.480 e. The molecule has 0 aromatic rings. The van der Waals surface area contributed by atoms with Crippen LogP contribution in [0, 0.1) is 5.92 Å². The number of hydrogen-bond donors (Lipinski definition) is 9. The molecule has 0 rings (SSSR count). The van der Waals surface area contributed by atoms with Crippen LogP contribution >= 0.6 is 12.6 Å². The van der Waals surface area contributed by atoms with Gasteiger partial charge in [-0.15, -0.1) is 0 Å². The number of carboxylic acid groups (broad SMARTS) is 1. The first-order valence-electron chi connectivity index (χ1n) is 10.1. The van der Waals surface area contributed by atoms with Gasteiger partial charge in [0.15, 0.2) is 5.96 Å². The first-order valence-corrected chi connectivity index (χ1v) is 10.8. The highest BCUT2D eigenvalue weighted by Crippen LogP contribution is 2.06. The van der Waals surface area contributed by atoms with Crippen LogP contribution in [-0.2, 0) is 24.0 Å². The number of thiol groups is 1. The maximum Gasteiger partial charge on any atom is 0.326 e. The normalized spacial score (nSPS) is 14.3. The second-order valence-electron chi connectivity index (χ2n) is 7.60. The van der Waals surface area contributed by atoms with E-state index in [1.807, 2.05) is 0 Å². The minimum absolute atomic E-state index is 0.0125. The minimum Gasteiger partial charge on any atom is -0.480 e. The first kappa shape index (κ1) is 29.9. The molecule has 0 bridgehead atoms. The van der Waals surface area contributed by atoms with Crippen molar-refractivity contribution in [3.05, 3.63) is 0 Å². The fourth-order valence-corrected chi connectivity index (χ4v) is 2.75. The molecule has 0 aliphatic rings. The highest BCUT2D eigenvalue weighted by Gasteiger charge is 2.32. The Morgan fingerprint density at radius 3 is 1.97 bits per heavy atom. The predicted octanol–water partition coefficient (Wildman–Crippen LogP) is -3.63. The number of carboxylic acids is 1. The Balaban J connectivity index is 5.37. The Hall–Kier alpha value is -3.07. The van der Waals surface area contributed by atoms with Crippen molar-refractivity contribution < 1.29 is 29.1 Å². The molecule has 0 radical (unpaired) electrons. The van der Waals surface area contributed by atoms with Gasteiger partial charge in [-0.1, -0.05) is 13.8 Å². The highest BCUT2D eigenvalue weighted by molar-refractivity contribution is 7.80. The zero-order chi connectivity index (χ0) is 25.7. The zero-order valence-electron chi connectivity index (χ0n) is 18.6. The number of amides is 4. The van der Waals surface area contributed by atoms with Crippen molar-refractivity contribution in [2.45, 2.75) is 57.3 Å². The smallest absolute Gasteiger partial charge is 0.326 e. The molecule has 188 valence electrons. The Bertz CT molecular complexity index is 743. The first-order chi connectivity index (χ1) is 15.3. The molecule has 0 fully saturated rings. The van der Waals surface area contributed by atoms with Crippen molar-refractivity contribution in [1.82, 2.24) is 16.0 Å². The fourth-order valence-electron chi connectivity index (χ4n) is 2.58. The van der Waals surface area contributed by atoms with E-state index in [4.69, 9.17) is 22.9 Å². The SMILES string of the molecule is CC(C)C(NC(=O)C(N)CS)C(=O)NC(CC(N)=O)C(=O)NC(CCCN=C(N)N)C(=O)O. The van der Waals surface area contributed by atoms with Crippen LogP contribution in [-0.4, -0.2) is 77.1 Å². The van der Waals surface area contributed by atoms with Crippen LogP contribution in [0.25, 0.3) is 0 Å². The van der Waals surface area contributed by atoms with Crippen molar-refractivity contribution >= 4 is 48.2 Å². The quantitative estimate of drug-likeness (QED) is 0.0474. The number of rotatable bonds is 15. The lowest BCUT2D eigenvalue weighted by atomic mass is 10.0. The van der Waals surface area contributed by atoms with E-state index in [-0.39, 0.29) is 31.1 Å². The van der Waals surface area contributed by atoms with Crippen molar-refractivity contribution in [3.63, 3.8) is 0 Å². The Morgan fingerprint density at radius 2 is 1.52 bits per heavy atom. The number of hydrogen-bond acceptors (Lipinski definition) is 8. The fraction of sp³-hybridized carbons (Fsp3) is 0.667. The van der Waals surface area contributed by atoms with Gasteiger partial charge in [0.1, 0.15) is 18.1 Å². The van der Waals surface area contributed by atoms with Crippen LogP contribution in [0.5, 0.6) is 0 Å². The molecular weight excluding hydrogens is 456 g/mol. The number of primary amides is 1. The van der Waals surface area contributed by atoms with Crippen molar-refractivity contribution in [2.24, 2.45) is 33.8 Å². The number of aliphatic carboxylic acids is 1. The molecule has 0 aromatic heterocycles. The summed E-state index contributed by atoms with van der Waals surface area (Å²) in [5, 5.41) is 16.4. The van der Waals surface area contributed by atoms with Gasteiger partial charge in [-0.25, -0.2) is 4.79 Å². The molecule has 0 aliphatic carbocycles. The number of nitrogens with one attached hydrogen (secondary N) is 3. The summed E-state index contributed by atoms with van der Waals surface area (Å²) in [5.74, 6) is -5.07. The van der Waals surface area contributed by atoms with Crippen LogP contribution in [0.1, 0.15) is 33.1 Å². The second kappa shape index (κ2) is 14.9.